The Morgan fingerprint density at radius 3 is 2.60 bits per heavy atom. The van der Waals surface area contributed by atoms with Crippen LogP contribution in [-0.4, -0.2) is 69.8 Å². The van der Waals surface area contributed by atoms with Gasteiger partial charge in [-0.1, -0.05) is 0 Å². The third-order valence-electron chi connectivity index (χ3n) is 4.29. The number of aromatic nitrogens is 4. The highest BCUT2D eigenvalue weighted by molar-refractivity contribution is 5.75. The van der Waals surface area contributed by atoms with Crippen LogP contribution >= 0.6 is 0 Å². The lowest BCUT2D eigenvalue weighted by molar-refractivity contribution is -0.121. The summed E-state index contributed by atoms with van der Waals surface area (Å²) in [6.07, 6.45) is 7.76. The topological polar surface area (TPSA) is 79.2 Å². The van der Waals surface area contributed by atoms with E-state index in [0.717, 1.165) is 44.2 Å². The SMILES string of the molecule is Cc1cnn(CCC(=O)NCCN2CCN(c3ncccn3)CC2)c1. The average Bonchev–Trinajstić information content (AvgIpc) is 3.07. The summed E-state index contributed by atoms with van der Waals surface area (Å²) in [5, 5.41) is 7.18. The molecule has 134 valence electrons. The van der Waals surface area contributed by atoms with Crippen molar-refractivity contribution in [3.8, 4) is 0 Å². The number of piperazine rings is 1. The molecule has 0 radical (unpaired) electrons. The predicted octanol–water partition coefficient (Wildman–Crippen LogP) is 0.310. The van der Waals surface area contributed by atoms with E-state index in [1.165, 1.54) is 0 Å². The van der Waals surface area contributed by atoms with Crippen molar-refractivity contribution in [3.05, 3.63) is 36.4 Å². The highest BCUT2D eigenvalue weighted by Gasteiger charge is 2.18. The van der Waals surface area contributed by atoms with Gasteiger partial charge in [0.05, 0.1) is 6.20 Å². The molecule has 8 nitrogen and oxygen atoms in total. The van der Waals surface area contributed by atoms with Crippen LogP contribution in [0, 0.1) is 6.92 Å². The summed E-state index contributed by atoms with van der Waals surface area (Å²) in [4.78, 5) is 25.0. The molecule has 0 aliphatic carbocycles. The fourth-order valence-corrected chi connectivity index (χ4v) is 2.87. The van der Waals surface area contributed by atoms with E-state index in [1.807, 2.05) is 19.2 Å². The summed E-state index contributed by atoms with van der Waals surface area (Å²) in [6, 6.07) is 1.83. The minimum absolute atomic E-state index is 0.0736. The maximum absolute atomic E-state index is 11.9. The van der Waals surface area contributed by atoms with Crippen molar-refractivity contribution in [1.29, 1.82) is 0 Å². The molecule has 0 spiro atoms. The van der Waals surface area contributed by atoms with Gasteiger partial charge >= 0.3 is 0 Å². The van der Waals surface area contributed by atoms with Crippen LogP contribution in [0.3, 0.4) is 0 Å². The smallest absolute Gasteiger partial charge is 0.225 e. The number of hydrogen-bond donors (Lipinski definition) is 1. The molecule has 0 unspecified atom stereocenters. The van der Waals surface area contributed by atoms with Crippen molar-refractivity contribution in [2.75, 3.05) is 44.2 Å². The van der Waals surface area contributed by atoms with Gasteiger partial charge in [0.15, 0.2) is 0 Å². The largest absolute Gasteiger partial charge is 0.355 e. The fraction of sp³-hybridized carbons (Fsp3) is 0.529. The van der Waals surface area contributed by atoms with Gasteiger partial charge in [-0.2, -0.15) is 5.10 Å². The zero-order chi connectivity index (χ0) is 17.5. The minimum atomic E-state index is 0.0736. The number of nitrogens with one attached hydrogen (secondary N) is 1. The summed E-state index contributed by atoms with van der Waals surface area (Å²) in [7, 11) is 0. The Kier molecular flexibility index (Phi) is 5.95. The fourth-order valence-electron chi connectivity index (χ4n) is 2.87. The number of anilines is 1. The standard InChI is InChI=1S/C17H25N7O/c1-15-13-21-24(14-15)7-3-16(25)18-6-8-22-9-11-23(12-10-22)17-19-4-2-5-20-17/h2,4-5,13-14H,3,6-12H2,1H3,(H,18,25). The van der Waals surface area contributed by atoms with Crippen molar-refractivity contribution in [2.24, 2.45) is 0 Å². The average molecular weight is 343 g/mol. The zero-order valence-electron chi connectivity index (χ0n) is 14.6. The molecular formula is C17H25N7O. The Morgan fingerprint density at radius 1 is 1.16 bits per heavy atom. The van der Waals surface area contributed by atoms with Crippen molar-refractivity contribution in [3.63, 3.8) is 0 Å². The van der Waals surface area contributed by atoms with E-state index in [4.69, 9.17) is 0 Å². The van der Waals surface area contributed by atoms with Crippen molar-refractivity contribution >= 4 is 11.9 Å². The molecule has 0 aromatic carbocycles. The quantitative estimate of drug-likeness (QED) is 0.779. The Morgan fingerprint density at radius 2 is 1.92 bits per heavy atom. The van der Waals surface area contributed by atoms with Gasteiger partial charge < -0.3 is 10.2 Å². The molecule has 0 atom stereocenters. The van der Waals surface area contributed by atoms with Crippen LogP contribution in [0.4, 0.5) is 5.95 Å². The highest BCUT2D eigenvalue weighted by Crippen LogP contribution is 2.09. The summed E-state index contributed by atoms with van der Waals surface area (Å²) in [5.41, 5.74) is 1.11. The van der Waals surface area contributed by atoms with Crippen LogP contribution in [0.5, 0.6) is 0 Å². The highest BCUT2D eigenvalue weighted by atomic mass is 16.1. The Labute approximate surface area is 147 Å². The number of carbonyl (C=O) groups is 1. The van der Waals surface area contributed by atoms with Gasteiger partial charge in [0.25, 0.3) is 0 Å². The Balaban J connectivity index is 1.30. The summed E-state index contributed by atoms with van der Waals surface area (Å²) >= 11 is 0. The number of amides is 1. The molecule has 2 aromatic heterocycles. The molecule has 3 rings (SSSR count). The maximum Gasteiger partial charge on any atom is 0.225 e. The molecule has 1 aliphatic rings. The second-order valence-electron chi connectivity index (χ2n) is 6.26. The molecular weight excluding hydrogens is 318 g/mol. The molecule has 8 heteroatoms. The van der Waals surface area contributed by atoms with Crippen LogP contribution in [0.25, 0.3) is 0 Å². The Bertz CT molecular complexity index is 665. The van der Waals surface area contributed by atoms with Crippen molar-refractivity contribution in [2.45, 2.75) is 19.9 Å². The summed E-state index contributed by atoms with van der Waals surface area (Å²) in [5.74, 6) is 0.869. The molecule has 2 aromatic rings. The molecule has 1 aliphatic heterocycles. The molecule has 1 saturated heterocycles. The minimum Gasteiger partial charge on any atom is -0.355 e. The van der Waals surface area contributed by atoms with Crippen LogP contribution in [0.2, 0.25) is 0 Å². The van der Waals surface area contributed by atoms with Crippen LogP contribution in [0.1, 0.15) is 12.0 Å². The van der Waals surface area contributed by atoms with E-state index in [0.29, 0.717) is 19.5 Å². The zero-order valence-corrected chi connectivity index (χ0v) is 14.6. The first-order valence-corrected chi connectivity index (χ1v) is 8.71. The third kappa shape index (κ3) is 5.25. The number of hydrogen-bond acceptors (Lipinski definition) is 6. The van der Waals surface area contributed by atoms with Gasteiger partial charge in [0.2, 0.25) is 11.9 Å². The van der Waals surface area contributed by atoms with Gasteiger partial charge in [-0.25, -0.2) is 9.97 Å². The van der Waals surface area contributed by atoms with E-state index in [-0.39, 0.29) is 5.91 Å². The predicted molar refractivity (Wildman–Crippen MR) is 95.3 cm³/mol. The van der Waals surface area contributed by atoms with Gasteiger partial charge in [-0.15, -0.1) is 0 Å². The van der Waals surface area contributed by atoms with Crippen LogP contribution in [0.15, 0.2) is 30.9 Å². The van der Waals surface area contributed by atoms with Gasteiger partial charge in [-0.05, 0) is 18.6 Å². The molecule has 1 fully saturated rings. The van der Waals surface area contributed by atoms with Crippen molar-refractivity contribution < 1.29 is 4.79 Å². The van der Waals surface area contributed by atoms with Gasteiger partial charge in [0.1, 0.15) is 0 Å². The lowest BCUT2D eigenvalue weighted by Crippen LogP contribution is -2.49. The van der Waals surface area contributed by atoms with Crippen LogP contribution < -0.4 is 10.2 Å². The van der Waals surface area contributed by atoms with E-state index in [9.17, 15) is 4.79 Å². The number of nitrogens with zero attached hydrogens (tertiary/aromatic N) is 6. The van der Waals surface area contributed by atoms with E-state index >= 15 is 0 Å². The second-order valence-corrected chi connectivity index (χ2v) is 6.26. The molecule has 1 N–H and O–H groups in total. The number of rotatable bonds is 7. The lowest BCUT2D eigenvalue weighted by atomic mass is 10.3. The Hall–Kier alpha value is -2.48. The van der Waals surface area contributed by atoms with Gasteiger partial charge in [0, 0.05) is 70.8 Å². The van der Waals surface area contributed by atoms with Crippen LogP contribution in [-0.2, 0) is 11.3 Å². The maximum atomic E-state index is 11.9. The molecule has 1 amide bonds. The van der Waals surface area contributed by atoms with E-state index in [1.54, 1.807) is 23.3 Å². The molecule has 0 bridgehead atoms. The number of carbonyl (C=O) groups excluding carboxylic acids is 1. The first-order chi connectivity index (χ1) is 12.2. The molecule has 3 heterocycles. The lowest BCUT2D eigenvalue weighted by Gasteiger charge is -2.34. The van der Waals surface area contributed by atoms with Crippen molar-refractivity contribution in [1.82, 2.24) is 30.0 Å². The first-order valence-electron chi connectivity index (χ1n) is 8.71. The van der Waals surface area contributed by atoms with Gasteiger partial charge in [-0.3, -0.25) is 14.4 Å². The third-order valence-corrected chi connectivity index (χ3v) is 4.29. The normalized spacial score (nSPS) is 15.3. The molecule has 25 heavy (non-hydrogen) atoms. The summed E-state index contributed by atoms with van der Waals surface area (Å²) in [6.45, 7) is 7.91. The summed E-state index contributed by atoms with van der Waals surface area (Å²) < 4.78 is 1.81. The van der Waals surface area contributed by atoms with E-state index in [2.05, 4.69) is 30.2 Å². The second kappa shape index (κ2) is 8.57. The first kappa shape index (κ1) is 17.3. The number of aryl methyl sites for hydroxylation is 2. The monoisotopic (exact) mass is 343 g/mol. The van der Waals surface area contributed by atoms with E-state index < -0.39 is 0 Å². The molecule has 0 saturated carbocycles.